The molecule has 2 bridgehead atoms. The molecular weight excluding hydrogens is 426 g/mol. The summed E-state index contributed by atoms with van der Waals surface area (Å²) in [4.78, 5) is 50.3. The number of aliphatic hydroxyl groups is 2. The van der Waals surface area contributed by atoms with Crippen LogP contribution in [0.25, 0.3) is 0 Å². The number of hydrogen-bond acceptors (Lipinski definition) is 7. The van der Waals surface area contributed by atoms with Crippen molar-refractivity contribution in [1.29, 1.82) is 0 Å². The first-order valence-electron chi connectivity index (χ1n) is 11.0. The number of fused-ring (bicyclic) bond motifs is 10. The maximum Gasteiger partial charge on any atom is 0.322 e. The van der Waals surface area contributed by atoms with Crippen molar-refractivity contribution in [2.75, 3.05) is 0 Å². The van der Waals surface area contributed by atoms with E-state index in [0.717, 1.165) is 12.5 Å². The van der Waals surface area contributed by atoms with Gasteiger partial charge in [-0.1, -0.05) is 54.5 Å². The number of Topliss-reactive ketones (excluding diaryl/α,β-unsaturated/α-hetero) is 2. The molecule has 6 atom stereocenters. The molecule has 1 unspecified atom stereocenters. The Hall–Kier alpha value is -2.84. The first-order valence-corrected chi connectivity index (χ1v) is 11.0. The second-order valence-electron chi connectivity index (χ2n) is 8.99. The second kappa shape index (κ2) is 10.9. The summed E-state index contributed by atoms with van der Waals surface area (Å²) in [5, 5.41) is 23.1. The zero-order valence-corrected chi connectivity index (χ0v) is 19.7. The molecule has 1 saturated heterocycles. The number of allylic oxidation sites excluding steroid dienone is 4. The molecule has 8 nitrogen and oxygen atoms in total. The Kier molecular flexibility index (Phi) is 8.69. The Morgan fingerprint density at radius 2 is 1.70 bits per heavy atom. The van der Waals surface area contributed by atoms with Crippen LogP contribution in [0.3, 0.4) is 0 Å². The highest BCUT2D eigenvalue weighted by atomic mass is 16.5. The molecule has 2 heterocycles. The van der Waals surface area contributed by atoms with Crippen molar-refractivity contribution in [3.8, 4) is 0 Å². The number of carbonyl (C=O) groups is 4. The molecule has 0 aromatic carbocycles. The fourth-order valence-electron chi connectivity index (χ4n) is 3.85. The lowest BCUT2D eigenvalue weighted by molar-refractivity contribution is -0.181. The van der Waals surface area contributed by atoms with Crippen molar-refractivity contribution in [2.24, 2.45) is 11.3 Å². The summed E-state index contributed by atoms with van der Waals surface area (Å²) in [5.74, 6) is -3.74. The molecule has 2 aliphatic heterocycles. The summed E-state index contributed by atoms with van der Waals surface area (Å²) < 4.78 is 5.59. The molecule has 1 aliphatic carbocycles. The molecule has 3 rings (SSSR count). The maximum absolute atomic E-state index is 13.4. The number of nitrogens with one attached hydrogen (secondary N) is 1. The van der Waals surface area contributed by atoms with Crippen LogP contribution in [-0.2, 0) is 23.9 Å². The summed E-state index contributed by atoms with van der Waals surface area (Å²) in [6.07, 6.45) is 7.54. The summed E-state index contributed by atoms with van der Waals surface area (Å²) in [6.45, 7) is 7.62. The first kappa shape index (κ1) is 26.4. The molecule has 180 valence electrons. The van der Waals surface area contributed by atoms with Crippen LogP contribution in [0.1, 0.15) is 47.5 Å². The van der Waals surface area contributed by atoms with Crippen molar-refractivity contribution in [3.05, 3.63) is 47.6 Å². The van der Waals surface area contributed by atoms with Gasteiger partial charge >= 0.3 is 5.97 Å². The van der Waals surface area contributed by atoms with E-state index in [4.69, 9.17) is 4.74 Å². The zero-order chi connectivity index (χ0) is 24.9. The number of hydrogen-bond donors (Lipinski definition) is 3. The van der Waals surface area contributed by atoms with Gasteiger partial charge in [0.2, 0.25) is 5.78 Å². The van der Waals surface area contributed by atoms with Gasteiger partial charge in [-0.05, 0) is 27.2 Å². The van der Waals surface area contributed by atoms with Gasteiger partial charge in [-0.3, -0.25) is 19.2 Å². The van der Waals surface area contributed by atoms with Crippen LogP contribution in [-0.4, -0.2) is 58.0 Å². The second-order valence-corrected chi connectivity index (χ2v) is 8.99. The van der Waals surface area contributed by atoms with E-state index in [1.807, 2.05) is 13.0 Å². The average molecular weight is 460 g/mol. The van der Waals surface area contributed by atoms with E-state index in [2.05, 4.69) is 5.32 Å². The van der Waals surface area contributed by atoms with Gasteiger partial charge in [-0.15, -0.1) is 0 Å². The van der Waals surface area contributed by atoms with Crippen LogP contribution >= 0.6 is 0 Å². The van der Waals surface area contributed by atoms with Crippen molar-refractivity contribution >= 4 is 23.4 Å². The Morgan fingerprint density at radius 1 is 1.09 bits per heavy atom. The van der Waals surface area contributed by atoms with E-state index >= 15 is 0 Å². The van der Waals surface area contributed by atoms with E-state index in [0.29, 0.717) is 12.0 Å². The molecule has 0 saturated carbocycles. The minimum atomic E-state index is -1.78. The van der Waals surface area contributed by atoms with Crippen molar-refractivity contribution in [3.63, 3.8) is 0 Å². The Bertz CT molecular complexity index is 929. The number of ketones is 2. The lowest BCUT2D eigenvalue weighted by Crippen LogP contribution is -2.61. The van der Waals surface area contributed by atoms with Crippen LogP contribution < -0.4 is 5.32 Å². The van der Waals surface area contributed by atoms with Gasteiger partial charge in [-0.2, -0.15) is 0 Å². The van der Waals surface area contributed by atoms with Crippen LogP contribution in [0, 0.1) is 11.3 Å². The SMILES string of the molecule is CC(=O)C(=O)N[C@@H]1/C=C(C)/C=C/[C@@H](O)C/C=C(C)/C=C/[C@@H](O)CC2OC(=O)[C@]1(C)C(=O)[C@@H]2C. The maximum atomic E-state index is 13.4. The van der Waals surface area contributed by atoms with Crippen molar-refractivity contribution < 1.29 is 34.1 Å². The van der Waals surface area contributed by atoms with Gasteiger partial charge in [0.25, 0.3) is 5.91 Å². The van der Waals surface area contributed by atoms with Gasteiger partial charge in [0.1, 0.15) is 11.5 Å². The molecule has 1 amide bonds. The van der Waals surface area contributed by atoms with Crippen LogP contribution in [0.15, 0.2) is 47.6 Å². The number of carbonyl (C=O) groups excluding carboxylic acids is 4. The number of rotatable bonds is 2. The quantitative estimate of drug-likeness (QED) is 0.326. The number of esters is 1. The molecule has 1 fully saturated rings. The predicted molar refractivity (Wildman–Crippen MR) is 122 cm³/mol. The number of amides is 1. The topological polar surface area (TPSA) is 130 Å². The summed E-state index contributed by atoms with van der Waals surface area (Å²) in [7, 11) is 0. The fraction of sp³-hybridized carbons (Fsp3) is 0.520. The molecule has 0 aromatic rings. The molecule has 0 radical (unpaired) electrons. The average Bonchev–Trinajstić information content (AvgIpc) is 2.75. The number of aliphatic hydroxyl groups excluding tert-OH is 2. The summed E-state index contributed by atoms with van der Waals surface area (Å²) in [6, 6.07) is -1.15. The van der Waals surface area contributed by atoms with Gasteiger partial charge < -0.3 is 20.3 Å². The van der Waals surface area contributed by atoms with Crippen molar-refractivity contribution in [1.82, 2.24) is 5.32 Å². The van der Waals surface area contributed by atoms with Crippen LogP contribution in [0.2, 0.25) is 0 Å². The van der Waals surface area contributed by atoms with E-state index < -0.39 is 59.1 Å². The van der Waals surface area contributed by atoms with E-state index in [9.17, 15) is 29.4 Å². The first-order chi connectivity index (χ1) is 15.4. The largest absolute Gasteiger partial charge is 0.461 e. The summed E-state index contributed by atoms with van der Waals surface area (Å²) >= 11 is 0. The monoisotopic (exact) mass is 459 g/mol. The van der Waals surface area contributed by atoms with Crippen LogP contribution in [0.5, 0.6) is 0 Å². The van der Waals surface area contributed by atoms with Gasteiger partial charge in [0.15, 0.2) is 5.78 Å². The predicted octanol–water partition coefficient (Wildman–Crippen LogP) is 1.72. The van der Waals surface area contributed by atoms with Crippen molar-refractivity contribution in [2.45, 2.75) is 71.8 Å². The molecule has 0 aromatic heterocycles. The molecule has 3 N–H and O–H groups in total. The summed E-state index contributed by atoms with van der Waals surface area (Å²) in [5.41, 5.74) is -0.371. The van der Waals surface area contributed by atoms with E-state index in [1.54, 1.807) is 38.2 Å². The molecular formula is C25H33NO7. The zero-order valence-electron chi connectivity index (χ0n) is 19.7. The third kappa shape index (κ3) is 6.36. The normalized spacial score (nSPS) is 38.7. The lowest BCUT2D eigenvalue weighted by atomic mass is 9.69. The van der Waals surface area contributed by atoms with E-state index in [-0.39, 0.29) is 6.42 Å². The third-order valence-corrected chi connectivity index (χ3v) is 6.14. The molecule has 3 aliphatic rings. The molecule has 33 heavy (non-hydrogen) atoms. The molecule has 8 heteroatoms. The fourth-order valence-corrected chi connectivity index (χ4v) is 3.85. The standard InChI is InChI=1S/C25H33NO7/c1-14-6-9-18(28)10-8-15(2)12-21(26-23(31)17(4)27)25(5)22(30)16(3)20(33-24(25)32)13-19(29)11-7-14/h6-8,10-12,16,18-21,28-29H,9,13H2,1-5H3,(H,26,31)/b10-8+,11-7+,14-6+,15-12+/t16-,18+,19-,20?,21-,25+/m1/s1. The Balaban J connectivity index is 2.57. The third-order valence-electron chi connectivity index (χ3n) is 6.14. The number of ether oxygens (including phenoxy) is 1. The lowest BCUT2D eigenvalue weighted by Gasteiger charge is -2.42. The minimum Gasteiger partial charge on any atom is -0.461 e. The highest BCUT2D eigenvalue weighted by molar-refractivity contribution is 6.35. The Morgan fingerprint density at radius 3 is 2.33 bits per heavy atom. The van der Waals surface area contributed by atoms with Crippen LogP contribution in [0.4, 0.5) is 0 Å². The highest BCUT2D eigenvalue weighted by Crippen LogP contribution is 2.38. The van der Waals surface area contributed by atoms with Gasteiger partial charge in [0.05, 0.1) is 24.2 Å². The van der Waals surface area contributed by atoms with Gasteiger partial charge in [0, 0.05) is 13.3 Å². The Labute approximate surface area is 194 Å². The molecule has 0 spiro atoms. The van der Waals surface area contributed by atoms with Gasteiger partial charge in [-0.25, -0.2) is 0 Å². The highest BCUT2D eigenvalue weighted by Gasteiger charge is 2.56. The minimum absolute atomic E-state index is 0.0298. The smallest absolute Gasteiger partial charge is 0.322 e. The van der Waals surface area contributed by atoms with E-state index in [1.165, 1.54) is 13.0 Å².